The first-order chi connectivity index (χ1) is 11.2. The van der Waals surface area contributed by atoms with Crippen LogP contribution in [0.5, 0.6) is 0 Å². The molecule has 3 nitrogen and oxygen atoms in total. The van der Waals surface area contributed by atoms with Crippen molar-refractivity contribution in [2.75, 3.05) is 5.32 Å². The number of hydrogen-bond donors (Lipinski definition) is 2. The first kappa shape index (κ1) is 15.1. The van der Waals surface area contributed by atoms with Crippen molar-refractivity contribution in [1.82, 2.24) is 5.43 Å². The van der Waals surface area contributed by atoms with Gasteiger partial charge in [0, 0.05) is 11.3 Å². The van der Waals surface area contributed by atoms with Gasteiger partial charge in [-0.05, 0) is 47.3 Å². The highest BCUT2D eigenvalue weighted by Gasteiger charge is 1.98. The summed E-state index contributed by atoms with van der Waals surface area (Å²) in [6.07, 6.45) is 1.72. The molecule has 5 heteroatoms. The molecule has 0 amide bonds. The van der Waals surface area contributed by atoms with Gasteiger partial charge in [0.05, 0.1) is 6.21 Å². The molecule has 3 aromatic carbocycles. The first-order valence-corrected chi connectivity index (χ1v) is 7.46. The minimum absolute atomic E-state index is 0.289. The van der Waals surface area contributed by atoms with Crippen LogP contribution in [0.1, 0.15) is 5.56 Å². The lowest BCUT2D eigenvalue weighted by Gasteiger charge is -2.07. The molecule has 0 fully saturated rings. The van der Waals surface area contributed by atoms with Crippen LogP contribution in [-0.4, -0.2) is 11.3 Å². The molecule has 0 atom stereocenters. The molecule has 2 N–H and O–H groups in total. The van der Waals surface area contributed by atoms with Gasteiger partial charge in [-0.2, -0.15) is 5.10 Å². The van der Waals surface area contributed by atoms with Crippen LogP contribution in [0.25, 0.3) is 10.8 Å². The minimum atomic E-state index is -0.289. The summed E-state index contributed by atoms with van der Waals surface area (Å²) in [5.74, 6) is -0.289. The van der Waals surface area contributed by atoms with Crippen molar-refractivity contribution in [2.24, 2.45) is 5.10 Å². The second-order valence-electron chi connectivity index (χ2n) is 4.90. The quantitative estimate of drug-likeness (QED) is 0.429. The third-order valence-corrected chi connectivity index (χ3v) is 3.49. The van der Waals surface area contributed by atoms with E-state index in [2.05, 4.69) is 28.0 Å². The Labute approximate surface area is 138 Å². The minimum Gasteiger partial charge on any atom is -0.331 e. The Morgan fingerprint density at radius 3 is 2.52 bits per heavy atom. The Hall–Kier alpha value is -2.79. The van der Waals surface area contributed by atoms with Gasteiger partial charge < -0.3 is 5.32 Å². The number of thiocarbonyl (C=S) groups is 1. The van der Waals surface area contributed by atoms with Gasteiger partial charge in [0.1, 0.15) is 5.82 Å². The van der Waals surface area contributed by atoms with E-state index in [0.29, 0.717) is 10.8 Å². The standard InChI is InChI=1S/C18H14FN3S/c19-15-8-10-16(11-9-15)21-18(23)22-20-12-14-6-3-5-13-4-1-2-7-17(13)14/h1-12H,(H2,21,22,23). The van der Waals surface area contributed by atoms with Gasteiger partial charge in [-0.1, -0.05) is 42.5 Å². The average molecular weight is 323 g/mol. The van der Waals surface area contributed by atoms with Crippen LogP contribution in [0, 0.1) is 5.82 Å². The van der Waals surface area contributed by atoms with Crippen LogP contribution in [-0.2, 0) is 0 Å². The van der Waals surface area contributed by atoms with Gasteiger partial charge >= 0.3 is 0 Å². The Morgan fingerprint density at radius 2 is 1.70 bits per heavy atom. The first-order valence-electron chi connectivity index (χ1n) is 7.06. The summed E-state index contributed by atoms with van der Waals surface area (Å²) < 4.78 is 12.8. The number of nitrogens with zero attached hydrogens (tertiary/aromatic N) is 1. The van der Waals surface area contributed by atoms with Crippen LogP contribution in [0.2, 0.25) is 0 Å². The normalized spacial score (nSPS) is 10.8. The number of anilines is 1. The lowest BCUT2D eigenvalue weighted by Crippen LogP contribution is -2.23. The molecule has 114 valence electrons. The Bertz CT molecular complexity index is 854. The zero-order valence-electron chi connectivity index (χ0n) is 12.2. The molecule has 0 unspecified atom stereocenters. The van der Waals surface area contributed by atoms with E-state index in [-0.39, 0.29) is 5.82 Å². The molecular weight excluding hydrogens is 309 g/mol. The number of nitrogens with one attached hydrogen (secondary N) is 2. The predicted molar refractivity (Wildman–Crippen MR) is 97.3 cm³/mol. The second-order valence-corrected chi connectivity index (χ2v) is 5.31. The van der Waals surface area contributed by atoms with Crippen LogP contribution in [0.3, 0.4) is 0 Å². The van der Waals surface area contributed by atoms with E-state index in [1.807, 2.05) is 30.3 Å². The van der Waals surface area contributed by atoms with Crippen LogP contribution in [0.4, 0.5) is 10.1 Å². The maximum absolute atomic E-state index is 12.8. The zero-order valence-corrected chi connectivity index (χ0v) is 13.0. The fourth-order valence-electron chi connectivity index (χ4n) is 2.22. The molecular formula is C18H14FN3S. The third-order valence-electron chi connectivity index (χ3n) is 3.30. The Kier molecular flexibility index (Phi) is 4.59. The SMILES string of the molecule is Fc1ccc(NC(=S)NN=Cc2cccc3ccccc23)cc1. The van der Waals surface area contributed by atoms with E-state index >= 15 is 0 Å². The van der Waals surface area contributed by atoms with E-state index < -0.39 is 0 Å². The fourth-order valence-corrected chi connectivity index (χ4v) is 2.39. The highest BCUT2D eigenvalue weighted by molar-refractivity contribution is 7.80. The molecule has 0 saturated heterocycles. The van der Waals surface area contributed by atoms with E-state index in [4.69, 9.17) is 12.2 Å². The number of benzene rings is 3. The zero-order chi connectivity index (χ0) is 16.1. The largest absolute Gasteiger partial charge is 0.331 e. The van der Waals surface area contributed by atoms with Crippen molar-refractivity contribution in [2.45, 2.75) is 0 Å². The van der Waals surface area contributed by atoms with Crippen molar-refractivity contribution in [1.29, 1.82) is 0 Å². The van der Waals surface area contributed by atoms with Crippen LogP contribution < -0.4 is 10.7 Å². The van der Waals surface area contributed by atoms with Crippen molar-refractivity contribution in [3.05, 3.63) is 78.1 Å². The van der Waals surface area contributed by atoms with Gasteiger partial charge in [-0.25, -0.2) is 4.39 Å². The molecule has 0 aliphatic carbocycles. The lowest BCUT2D eigenvalue weighted by atomic mass is 10.1. The number of rotatable bonds is 3. The topological polar surface area (TPSA) is 36.4 Å². The molecule has 3 aromatic rings. The molecule has 0 heterocycles. The van der Waals surface area contributed by atoms with E-state index in [1.165, 1.54) is 12.1 Å². The van der Waals surface area contributed by atoms with E-state index in [0.717, 1.165) is 16.3 Å². The maximum Gasteiger partial charge on any atom is 0.191 e. The summed E-state index contributed by atoms with van der Waals surface area (Å²) in [6, 6.07) is 20.1. The lowest BCUT2D eigenvalue weighted by molar-refractivity contribution is 0.628. The summed E-state index contributed by atoms with van der Waals surface area (Å²) in [4.78, 5) is 0. The van der Waals surface area contributed by atoms with Crippen LogP contribution in [0.15, 0.2) is 71.8 Å². The maximum atomic E-state index is 12.8. The smallest absolute Gasteiger partial charge is 0.191 e. The summed E-state index contributed by atoms with van der Waals surface area (Å²) >= 11 is 5.15. The van der Waals surface area contributed by atoms with Crippen LogP contribution >= 0.6 is 12.2 Å². The highest BCUT2D eigenvalue weighted by atomic mass is 32.1. The van der Waals surface area contributed by atoms with Gasteiger partial charge in [0.25, 0.3) is 0 Å². The Morgan fingerprint density at radius 1 is 0.957 bits per heavy atom. The molecule has 0 radical (unpaired) electrons. The number of hydrogen-bond acceptors (Lipinski definition) is 2. The second kappa shape index (κ2) is 6.98. The van der Waals surface area contributed by atoms with Gasteiger partial charge in [-0.15, -0.1) is 0 Å². The molecule has 23 heavy (non-hydrogen) atoms. The van der Waals surface area contributed by atoms with Gasteiger partial charge in [0.15, 0.2) is 5.11 Å². The Balaban J connectivity index is 1.66. The van der Waals surface area contributed by atoms with E-state index in [1.54, 1.807) is 18.3 Å². The van der Waals surface area contributed by atoms with Crippen molar-refractivity contribution >= 4 is 40.0 Å². The fraction of sp³-hybridized carbons (Fsp3) is 0. The van der Waals surface area contributed by atoms with Gasteiger partial charge in [0.2, 0.25) is 0 Å². The third kappa shape index (κ3) is 3.90. The number of hydrazone groups is 1. The summed E-state index contributed by atoms with van der Waals surface area (Å²) in [7, 11) is 0. The summed E-state index contributed by atoms with van der Waals surface area (Å²) in [5, 5.41) is 9.71. The predicted octanol–water partition coefficient (Wildman–Crippen LogP) is 4.30. The summed E-state index contributed by atoms with van der Waals surface area (Å²) in [6.45, 7) is 0. The molecule has 0 aliphatic rings. The number of fused-ring (bicyclic) bond motifs is 1. The molecule has 0 bridgehead atoms. The van der Waals surface area contributed by atoms with Crippen molar-refractivity contribution < 1.29 is 4.39 Å². The molecule has 0 spiro atoms. The van der Waals surface area contributed by atoms with Crippen molar-refractivity contribution in [3.63, 3.8) is 0 Å². The highest BCUT2D eigenvalue weighted by Crippen LogP contribution is 2.16. The van der Waals surface area contributed by atoms with E-state index in [9.17, 15) is 4.39 Å². The molecule has 0 saturated carbocycles. The monoisotopic (exact) mass is 323 g/mol. The summed E-state index contributed by atoms with van der Waals surface area (Å²) in [5.41, 5.74) is 4.45. The van der Waals surface area contributed by atoms with Crippen molar-refractivity contribution in [3.8, 4) is 0 Å². The average Bonchev–Trinajstić information content (AvgIpc) is 2.57. The van der Waals surface area contributed by atoms with Gasteiger partial charge in [-0.3, -0.25) is 5.43 Å². The molecule has 0 aliphatic heterocycles. The molecule has 3 rings (SSSR count). The molecule has 0 aromatic heterocycles. The number of halogens is 1.